The average Bonchev–Trinajstić information content (AvgIpc) is 2.52. The van der Waals surface area contributed by atoms with Crippen LogP contribution in [0.4, 0.5) is 5.69 Å². The fraction of sp³-hybridized carbons (Fsp3) is 0.133. The third-order valence-electron chi connectivity index (χ3n) is 3.32. The number of aromatic carboxylic acids is 1. The Morgan fingerprint density at radius 2 is 2.21 bits per heavy atom. The number of hydrazone groups is 1. The van der Waals surface area contributed by atoms with Crippen LogP contribution in [0.5, 0.6) is 0 Å². The van der Waals surface area contributed by atoms with Gasteiger partial charge < -0.3 is 9.90 Å². The number of carboxylic acids is 1. The largest absolute Gasteiger partial charge is 0.545 e. The third kappa shape index (κ3) is 3.42. The van der Waals surface area contributed by atoms with Gasteiger partial charge in [-0.15, -0.1) is 0 Å². The molecule has 9 heteroatoms. The van der Waals surface area contributed by atoms with Crippen molar-refractivity contribution in [3.8, 4) is 6.07 Å². The van der Waals surface area contributed by atoms with Gasteiger partial charge in [-0.2, -0.15) is 10.4 Å². The van der Waals surface area contributed by atoms with Crippen LogP contribution in [0.3, 0.4) is 0 Å². The Morgan fingerprint density at radius 3 is 2.83 bits per heavy atom. The number of nitriles is 1. The van der Waals surface area contributed by atoms with Crippen LogP contribution in [0.25, 0.3) is 0 Å². The molecule has 1 atom stereocenters. The Hall–Kier alpha value is -3.18. The fourth-order valence-electron chi connectivity index (χ4n) is 2.04. The van der Waals surface area contributed by atoms with Crippen LogP contribution in [-0.2, 0) is 9.59 Å². The molecule has 0 saturated carbocycles. The van der Waals surface area contributed by atoms with Crippen molar-refractivity contribution in [2.24, 2.45) is 11.0 Å². The van der Waals surface area contributed by atoms with E-state index in [9.17, 15) is 19.5 Å². The van der Waals surface area contributed by atoms with E-state index < -0.39 is 23.7 Å². The van der Waals surface area contributed by atoms with Crippen LogP contribution in [0, 0.1) is 17.2 Å². The number of carboxylic acid groups (broad SMARTS) is 1. The minimum absolute atomic E-state index is 0.0205. The quantitative estimate of drug-likeness (QED) is 0.455. The second kappa shape index (κ2) is 6.93. The van der Waals surface area contributed by atoms with E-state index in [4.69, 9.17) is 16.9 Å². The van der Waals surface area contributed by atoms with E-state index in [0.29, 0.717) is 5.69 Å². The summed E-state index contributed by atoms with van der Waals surface area (Å²) in [7, 11) is 0. The van der Waals surface area contributed by atoms with Gasteiger partial charge in [-0.1, -0.05) is 11.6 Å². The summed E-state index contributed by atoms with van der Waals surface area (Å²) in [6, 6.07) is 5.80. The number of benzene rings is 1. The second-order valence-electron chi connectivity index (χ2n) is 4.84. The lowest BCUT2D eigenvalue weighted by Gasteiger charge is -2.19. The van der Waals surface area contributed by atoms with E-state index in [2.05, 4.69) is 15.8 Å². The minimum Gasteiger partial charge on any atom is -0.545 e. The van der Waals surface area contributed by atoms with Gasteiger partial charge in [-0.3, -0.25) is 20.3 Å². The SMILES string of the molecule is CC1=C(C#N)C(=O)NC(=O)C1C=NNc1ccc(Cl)c(C(=O)[O-])c1. The highest BCUT2D eigenvalue weighted by Crippen LogP contribution is 2.21. The maximum Gasteiger partial charge on any atom is 0.268 e. The Bertz CT molecular complexity index is 838. The van der Waals surface area contributed by atoms with E-state index in [1.54, 1.807) is 6.07 Å². The standard InChI is InChI=1S/C15H11ClN4O4/c1-7-10(5-17)13(21)19-14(22)11(7)6-18-20-8-2-3-12(16)9(4-8)15(23)24/h2-4,6,11,20H,1H3,(H,23,24)(H,19,21,22)/p-1. The first-order chi connectivity index (χ1) is 11.3. The topological polar surface area (TPSA) is 134 Å². The molecule has 0 saturated heterocycles. The van der Waals surface area contributed by atoms with Crippen molar-refractivity contribution in [1.29, 1.82) is 5.26 Å². The van der Waals surface area contributed by atoms with Crippen molar-refractivity contribution in [3.05, 3.63) is 39.9 Å². The summed E-state index contributed by atoms with van der Waals surface area (Å²) in [6.07, 6.45) is 1.21. The number of rotatable bonds is 4. The summed E-state index contributed by atoms with van der Waals surface area (Å²) < 4.78 is 0. The van der Waals surface area contributed by atoms with Gasteiger partial charge in [0.15, 0.2) is 0 Å². The van der Waals surface area contributed by atoms with Crippen molar-refractivity contribution >= 4 is 41.3 Å². The molecule has 0 spiro atoms. The Morgan fingerprint density at radius 1 is 1.50 bits per heavy atom. The lowest BCUT2D eigenvalue weighted by molar-refractivity contribution is -0.255. The maximum atomic E-state index is 11.8. The number of imide groups is 1. The fourth-order valence-corrected chi connectivity index (χ4v) is 2.23. The normalized spacial score (nSPS) is 17.6. The second-order valence-corrected chi connectivity index (χ2v) is 5.25. The van der Waals surface area contributed by atoms with Crippen LogP contribution in [0.15, 0.2) is 34.4 Å². The van der Waals surface area contributed by atoms with Gasteiger partial charge in [0.1, 0.15) is 11.6 Å². The Labute approximate surface area is 141 Å². The lowest BCUT2D eigenvalue weighted by Crippen LogP contribution is -2.42. The van der Waals surface area contributed by atoms with E-state index in [1.165, 1.54) is 31.3 Å². The first-order valence-electron chi connectivity index (χ1n) is 6.61. The Kier molecular flexibility index (Phi) is 4.96. The highest BCUT2D eigenvalue weighted by atomic mass is 35.5. The number of hydrogen-bond acceptors (Lipinski definition) is 7. The van der Waals surface area contributed by atoms with Crippen LogP contribution in [0.1, 0.15) is 17.3 Å². The number of anilines is 1. The number of amides is 2. The van der Waals surface area contributed by atoms with Crippen molar-refractivity contribution < 1.29 is 19.5 Å². The smallest absolute Gasteiger partial charge is 0.268 e. The van der Waals surface area contributed by atoms with Crippen molar-refractivity contribution in [2.45, 2.75) is 6.92 Å². The molecule has 0 aliphatic carbocycles. The van der Waals surface area contributed by atoms with Gasteiger partial charge in [0.05, 0.1) is 17.6 Å². The van der Waals surface area contributed by atoms with Crippen LogP contribution in [-0.4, -0.2) is 24.0 Å². The van der Waals surface area contributed by atoms with Gasteiger partial charge in [-0.05, 0) is 30.7 Å². The number of hydrogen-bond donors (Lipinski definition) is 2. The van der Waals surface area contributed by atoms with Crippen molar-refractivity contribution in [2.75, 3.05) is 5.43 Å². The molecule has 2 amide bonds. The molecule has 8 nitrogen and oxygen atoms in total. The molecule has 0 radical (unpaired) electrons. The van der Waals surface area contributed by atoms with Gasteiger partial charge in [0, 0.05) is 16.8 Å². The average molecular weight is 346 g/mol. The summed E-state index contributed by atoms with van der Waals surface area (Å²) in [5.74, 6) is -3.67. The van der Waals surface area contributed by atoms with Crippen LogP contribution < -0.4 is 15.8 Å². The maximum absolute atomic E-state index is 11.8. The molecule has 0 bridgehead atoms. The zero-order chi connectivity index (χ0) is 17.9. The van der Waals surface area contributed by atoms with Gasteiger partial charge in [0.25, 0.3) is 5.91 Å². The van der Waals surface area contributed by atoms with E-state index in [0.717, 1.165) is 0 Å². The monoisotopic (exact) mass is 345 g/mol. The lowest BCUT2D eigenvalue weighted by atomic mass is 9.92. The summed E-state index contributed by atoms with van der Waals surface area (Å²) >= 11 is 5.72. The van der Waals surface area contributed by atoms with E-state index in [-0.39, 0.29) is 21.7 Å². The summed E-state index contributed by atoms with van der Waals surface area (Å²) in [5, 5.41) is 25.8. The van der Waals surface area contributed by atoms with E-state index >= 15 is 0 Å². The summed E-state index contributed by atoms with van der Waals surface area (Å²) in [6.45, 7) is 1.49. The van der Waals surface area contributed by atoms with Crippen molar-refractivity contribution in [3.63, 3.8) is 0 Å². The minimum atomic E-state index is -1.43. The molecule has 122 valence electrons. The molecule has 2 N–H and O–H groups in total. The molecule has 1 aromatic rings. The van der Waals surface area contributed by atoms with E-state index in [1.807, 2.05) is 0 Å². The zero-order valence-electron chi connectivity index (χ0n) is 12.3. The molecular weight excluding hydrogens is 336 g/mol. The first-order valence-corrected chi connectivity index (χ1v) is 6.99. The predicted molar refractivity (Wildman–Crippen MR) is 82.8 cm³/mol. The zero-order valence-corrected chi connectivity index (χ0v) is 13.0. The molecule has 1 aliphatic heterocycles. The molecular formula is C15H10ClN4O4-. The van der Waals surface area contributed by atoms with Gasteiger partial charge in [-0.25, -0.2) is 0 Å². The highest BCUT2D eigenvalue weighted by Gasteiger charge is 2.31. The first kappa shape index (κ1) is 17.2. The molecule has 0 aromatic heterocycles. The third-order valence-corrected chi connectivity index (χ3v) is 3.65. The molecule has 1 heterocycles. The number of halogens is 1. The number of carbonyl (C=O) groups excluding carboxylic acids is 3. The van der Waals surface area contributed by atoms with Crippen LogP contribution >= 0.6 is 11.6 Å². The van der Waals surface area contributed by atoms with Gasteiger partial charge >= 0.3 is 0 Å². The molecule has 1 unspecified atom stereocenters. The van der Waals surface area contributed by atoms with Crippen LogP contribution in [0.2, 0.25) is 5.02 Å². The number of nitrogens with one attached hydrogen (secondary N) is 2. The predicted octanol–water partition coefficient (Wildman–Crippen LogP) is 0.214. The highest BCUT2D eigenvalue weighted by molar-refractivity contribution is 6.33. The molecule has 2 rings (SSSR count). The molecule has 1 aromatic carbocycles. The Balaban J connectivity index is 2.20. The summed E-state index contributed by atoms with van der Waals surface area (Å²) in [4.78, 5) is 34.2. The van der Waals surface area contributed by atoms with Crippen molar-refractivity contribution in [1.82, 2.24) is 5.32 Å². The number of nitrogens with zero attached hydrogens (tertiary/aromatic N) is 2. The molecule has 0 fully saturated rings. The summed E-state index contributed by atoms with van der Waals surface area (Å²) in [5.41, 5.74) is 2.79. The molecule has 24 heavy (non-hydrogen) atoms. The molecule has 1 aliphatic rings. The van der Waals surface area contributed by atoms with Gasteiger partial charge in [0.2, 0.25) is 5.91 Å². The number of carbonyl (C=O) groups is 3.